The number of amides is 1. The van der Waals surface area contributed by atoms with Gasteiger partial charge in [-0.3, -0.25) is 4.79 Å². The summed E-state index contributed by atoms with van der Waals surface area (Å²) < 4.78 is 0. The summed E-state index contributed by atoms with van der Waals surface area (Å²) in [4.78, 5) is 12.0. The summed E-state index contributed by atoms with van der Waals surface area (Å²) in [7, 11) is 0. The highest BCUT2D eigenvalue weighted by Crippen LogP contribution is 2.24. The number of carbonyl (C=O) groups is 1. The van der Waals surface area contributed by atoms with Crippen molar-refractivity contribution in [1.82, 2.24) is 5.32 Å². The molecular weight excluding hydrogens is 266 g/mol. The summed E-state index contributed by atoms with van der Waals surface area (Å²) in [6.07, 6.45) is 0. The van der Waals surface area contributed by atoms with Gasteiger partial charge in [0, 0.05) is 40.2 Å². The summed E-state index contributed by atoms with van der Waals surface area (Å²) in [5.41, 5.74) is 1.20. The largest absolute Gasteiger partial charge is 0.508 e. The Labute approximate surface area is 116 Å². The van der Waals surface area contributed by atoms with Gasteiger partial charge in [0.15, 0.2) is 0 Å². The van der Waals surface area contributed by atoms with Gasteiger partial charge in [0.1, 0.15) is 5.75 Å². The lowest BCUT2D eigenvalue weighted by molar-refractivity contribution is 0.0953. The Morgan fingerprint density at radius 1 is 1.50 bits per heavy atom. The number of phenolic OH excluding ortho intramolecular Hbond substituents is 1. The van der Waals surface area contributed by atoms with Crippen molar-refractivity contribution in [3.63, 3.8) is 0 Å². The minimum atomic E-state index is -0.0976. The number of phenols is 1. The first-order chi connectivity index (χ1) is 8.68. The number of rotatable bonds is 3. The van der Waals surface area contributed by atoms with Crippen molar-refractivity contribution >= 4 is 29.4 Å². The van der Waals surface area contributed by atoms with E-state index in [1.165, 1.54) is 5.75 Å². The maximum Gasteiger partial charge on any atom is 0.251 e. The topological polar surface area (TPSA) is 49.3 Å². The third-order valence-electron chi connectivity index (χ3n) is 2.93. The first-order valence-corrected chi connectivity index (χ1v) is 8.15. The highest BCUT2D eigenvalue weighted by atomic mass is 32.2. The molecule has 1 aliphatic rings. The molecule has 0 aliphatic carbocycles. The summed E-state index contributed by atoms with van der Waals surface area (Å²) >= 11 is 3.87. The standard InChI is InChI=1S/C13H17NO2S2/c1-9-11(3-2-4-12(9)15)13(16)14-7-10-8-17-5-6-18-10/h2-4,10,15H,5-8H2,1H3,(H,14,16). The van der Waals surface area contributed by atoms with Gasteiger partial charge in [0.25, 0.3) is 5.91 Å². The Hall–Kier alpha value is -0.810. The lowest BCUT2D eigenvalue weighted by Crippen LogP contribution is -2.33. The molecule has 1 aromatic carbocycles. The average Bonchev–Trinajstić information content (AvgIpc) is 2.40. The molecule has 98 valence electrons. The van der Waals surface area contributed by atoms with Crippen molar-refractivity contribution in [3.05, 3.63) is 29.3 Å². The van der Waals surface area contributed by atoms with Gasteiger partial charge >= 0.3 is 0 Å². The van der Waals surface area contributed by atoms with E-state index in [0.717, 1.165) is 11.5 Å². The Morgan fingerprint density at radius 3 is 3.06 bits per heavy atom. The average molecular weight is 283 g/mol. The van der Waals surface area contributed by atoms with E-state index in [1.54, 1.807) is 25.1 Å². The first kappa shape index (κ1) is 13.6. The molecular formula is C13H17NO2S2. The van der Waals surface area contributed by atoms with Crippen LogP contribution in [0, 0.1) is 6.92 Å². The van der Waals surface area contributed by atoms with Gasteiger partial charge in [-0.15, -0.1) is 0 Å². The molecule has 0 spiro atoms. The molecule has 0 radical (unpaired) electrons. The van der Waals surface area contributed by atoms with Crippen LogP contribution in [0.25, 0.3) is 0 Å². The van der Waals surface area contributed by atoms with Crippen molar-refractivity contribution in [2.45, 2.75) is 12.2 Å². The first-order valence-electron chi connectivity index (χ1n) is 5.94. The van der Waals surface area contributed by atoms with Gasteiger partial charge < -0.3 is 10.4 Å². The Bertz CT molecular complexity index is 431. The Balaban J connectivity index is 1.93. The molecule has 1 amide bonds. The van der Waals surface area contributed by atoms with Crippen LogP contribution in [0.15, 0.2) is 18.2 Å². The van der Waals surface area contributed by atoms with E-state index in [2.05, 4.69) is 5.32 Å². The van der Waals surface area contributed by atoms with Gasteiger partial charge in [-0.1, -0.05) is 6.07 Å². The third kappa shape index (κ3) is 3.36. The van der Waals surface area contributed by atoms with E-state index < -0.39 is 0 Å². The molecule has 1 aliphatic heterocycles. The van der Waals surface area contributed by atoms with E-state index in [9.17, 15) is 9.90 Å². The monoisotopic (exact) mass is 283 g/mol. The third-order valence-corrected chi connectivity index (χ3v) is 5.77. The minimum absolute atomic E-state index is 0.0976. The zero-order valence-electron chi connectivity index (χ0n) is 10.3. The van der Waals surface area contributed by atoms with Crippen LogP contribution in [-0.4, -0.2) is 40.1 Å². The molecule has 3 nitrogen and oxygen atoms in total. The van der Waals surface area contributed by atoms with E-state index >= 15 is 0 Å². The van der Waals surface area contributed by atoms with Crippen LogP contribution in [0.1, 0.15) is 15.9 Å². The molecule has 5 heteroatoms. The van der Waals surface area contributed by atoms with Gasteiger partial charge in [-0.2, -0.15) is 23.5 Å². The molecule has 0 bridgehead atoms. The molecule has 0 saturated carbocycles. The number of nitrogens with one attached hydrogen (secondary N) is 1. The predicted octanol–water partition coefficient (Wildman–Crippen LogP) is 2.28. The van der Waals surface area contributed by atoms with Gasteiger partial charge in [-0.25, -0.2) is 0 Å². The van der Waals surface area contributed by atoms with Gasteiger partial charge in [-0.05, 0) is 19.1 Å². The van der Waals surface area contributed by atoms with E-state index in [-0.39, 0.29) is 11.7 Å². The fourth-order valence-electron chi connectivity index (χ4n) is 1.83. The second kappa shape index (κ2) is 6.38. The van der Waals surface area contributed by atoms with Crippen molar-refractivity contribution < 1.29 is 9.90 Å². The Kier molecular flexibility index (Phi) is 4.83. The number of benzene rings is 1. The molecule has 1 saturated heterocycles. The van der Waals surface area contributed by atoms with Gasteiger partial charge in [0.2, 0.25) is 0 Å². The zero-order chi connectivity index (χ0) is 13.0. The van der Waals surface area contributed by atoms with Crippen molar-refractivity contribution in [1.29, 1.82) is 0 Å². The smallest absolute Gasteiger partial charge is 0.251 e. The number of hydrogen-bond acceptors (Lipinski definition) is 4. The predicted molar refractivity (Wildman–Crippen MR) is 78.7 cm³/mol. The summed E-state index contributed by atoms with van der Waals surface area (Å²) in [6, 6.07) is 5.04. The summed E-state index contributed by atoms with van der Waals surface area (Å²) in [6.45, 7) is 2.46. The normalized spacial score (nSPS) is 19.5. The van der Waals surface area contributed by atoms with Crippen LogP contribution in [0.4, 0.5) is 0 Å². The van der Waals surface area contributed by atoms with E-state index in [4.69, 9.17) is 0 Å². The van der Waals surface area contributed by atoms with E-state index in [1.807, 2.05) is 23.5 Å². The molecule has 18 heavy (non-hydrogen) atoms. The molecule has 1 unspecified atom stereocenters. The highest BCUT2D eigenvalue weighted by Gasteiger charge is 2.16. The van der Waals surface area contributed by atoms with Gasteiger partial charge in [0.05, 0.1) is 0 Å². The lowest BCUT2D eigenvalue weighted by atomic mass is 10.1. The fourth-order valence-corrected chi connectivity index (χ4v) is 4.44. The van der Waals surface area contributed by atoms with Crippen LogP contribution in [-0.2, 0) is 0 Å². The molecule has 1 fully saturated rings. The maximum absolute atomic E-state index is 12.0. The maximum atomic E-state index is 12.0. The van der Waals surface area contributed by atoms with Crippen molar-refractivity contribution in [3.8, 4) is 5.75 Å². The molecule has 1 atom stereocenters. The zero-order valence-corrected chi connectivity index (χ0v) is 11.9. The number of thioether (sulfide) groups is 2. The fraction of sp³-hybridized carbons (Fsp3) is 0.462. The minimum Gasteiger partial charge on any atom is -0.508 e. The number of aromatic hydroxyl groups is 1. The second-order valence-electron chi connectivity index (χ2n) is 4.23. The van der Waals surface area contributed by atoms with Crippen LogP contribution in [0.5, 0.6) is 5.75 Å². The number of hydrogen-bond donors (Lipinski definition) is 2. The summed E-state index contributed by atoms with van der Waals surface area (Å²) in [5.74, 6) is 3.55. The molecule has 1 heterocycles. The molecule has 2 N–H and O–H groups in total. The lowest BCUT2D eigenvalue weighted by Gasteiger charge is -2.21. The molecule has 1 aromatic rings. The van der Waals surface area contributed by atoms with Crippen LogP contribution >= 0.6 is 23.5 Å². The van der Waals surface area contributed by atoms with Crippen LogP contribution < -0.4 is 5.32 Å². The van der Waals surface area contributed by atoms with Crippen LogP contribution in [0.3, 0.4) is 0 Å². The van der Waals surface area contributed by atoms with Crippen LogP contribution in [0.2, 0.25) is 0 Å². The van der Waals surface area contributed by atoms with E-state index in [0.29, 0.717) is 22.9 Å². The SMILES string of the molecule is Cc1c(O)cccc1C(=O)NCC1CSCCS1. The second-order valence-corrected chi connectivity index (χ2v) is 6.79. The Morgan fingerprint density at radius 2 is 2.33 bits per heavy atom. The molecule has 0 aromatic heterocycles. The number of carbonyl (C=O) groups excluding carboxylic acids is 1. The highest BCUT2D eigenvalue weighted by molar-refractivity contribution is 8.06. The van der Waals surface area contributed by atoms with Crippen molar-refractivity contribution in [2.24, 2.45) is 0 Å². The van der Waals surface area contributed by atoms with Crippen molar-refractivity contribution in [2.75, 3.05) is 23.8 Å². The summed E-state index contributed by atoms with van der Waals surface area (Å²) in [5, 5.41) is 13.0. The molecule has 2 rings (SSSR count). The quantitative estimate of drug-likeness (QED) is 0.893.